The van der Waals surface area contributed by atoms with Crippen LogP contribution in [-0.2, 0) is 21.2 Å². The molecule has 2 aromatic rings. The number of methoxy groups -OCH3 is 1. The molecule has 8 heteroatoms. The quantitative estimate of drug-likeness (QED) is 0.886. The van der Waals surface area contributed by atoms with Crippen molar-refractivity contribution in [2.24, 2.45) is 5.14 Å². The third kappa shape index (κ3) is 3.77. The monoisotopic (exact) mass is 351 g/mol. The first-order chi connectivity index (χ1) is 11.5. The summed E-state index contributed by atoms with van der Waals surface area (Å²) in [6.07, 6.45) is 4.77. The lowest BCUT2D eigenvalue weighted by atomic mass is 10.1. The molecule has 1 saturated heterocycles. The van der Waals surface area contributed by atoms with Gasteiger partial charge in [0.05, 0.1) is 7.11 Å². The van der Waals surface area contributed by atoms with Crippen LogP contribution in [0.4, 0.5) is 0 Å². The van der Waals surface area contributed by atoms with E-state index in [1.807, 2.05) is 24.3 Å². The zero-order valence-corrected chi connectivity index (χ0v) is 14.3. The van der Waals surface area contributed by atoms with E-state index in [0.29, 0.717) is 18.6 Å². The molecule has 0 amide bonds. The highest BCUT2D eigenvalue weighted by molar-refractivity contribution is 7.89. The number of aromatic nitrogens is 2. The van der Waals surface area contributed by atoms with Crippen molar-refractivity contribution < 1.29 is 17.9 Å². The van der Waals surface area contributed by atoms with Crippen LogP contribution in [0.1, 0.15) is 36.6 Å². The van der Waals surface area contributed by atoms with Crippen LogP contribution in [0.3, 0.4) is 0 Å². The van der Waals surface area contributed by atoms with Crippen LogP contribution in [0, 0.1) is 0 Å². The number of primary sulfonamides is 1. The molecule has 1 aromatic carbocycles. The lowest BCUT2D eigenvalue weighted by Gasteiger charge is -2.22. The van der Waals surface area contributed by atoms with Gasteiger partial charge in [-0.15, -0.1) is 0 Å². The fourth-order valence-corrected chi connectivity index (χ4v) is 3.52. The van der Waals surface area contributed by atoms with Gasteiger partial charge in [-0.3, -0.25) is 0 Å². The summed E-state index contributed by atoms with van der Waals surface area (Å²) in [4.78, 5) is 0. The molecule has 3 rings (SSSR count). The van der Waals surface area contributed by atoms with Gasteiger partial charge in [0.2, 0.25) is 0 Å². The fraction of sp³-hybridized carbons (Fsp3) is 0.438. The largest absolute Gasteiger partial charge is 0.497 e. The summed E-state index contributed by atoms with van der Waals surface area (Å²) in [6.45, 7) is 0.656. The van der Waals surface area contributed by atoms with Crippen molar-refractivity contribution in [3.05, 3.63) is 41.6 Å². The third-order valence-corrected chi connectivity index (χ3v) is 4.93. The van der Waals surface area contributed by atoms with Crippen molar-refractivity contribution >= 4 is 10.0 Å². The highest BCUT2D eigenvalue weighted by atomic mass is 32.2. The zero-order chi connectivity index (χ0) is 17.2. The highest BCUT2D eigenvalue weighted by Gasteiger charge is 2.24. The van der Waals surface area contributed by atoms with Crippen LogP contribution < -0.4 is 9.88 Å². The molecule has 130 valence electrons. The molecule has 0 spiro atoms. The number of rotatable bonds is 5. The van der Waals surface area contributed by atoms with Crippen LogP contribution in [0.2, 0.25) is 0 Å². The Morgan fingerprint density at radius 3 is 2.67 bits per heavy atom. The SMILES string of the molecule is COc1ccc(Cc2cn(C3CCCCO3)nc2S(N)(=O)=O)cc1. The minimum atomic E-state index is -3.90. The van der Waals surface area contributed by atoms with Gasteiger partial charge >= 0.3 is 0 Å². The van der Waals surface area contributed by atoms with Gasteiger partial charge in [0, 0.05) is 24.8 Å². The topological polar surface area (TPSA) is 96.4 Å². The lowest BCUT2D eigenvalue weighted by molar-refractivity contribution is -0.0401. The Morgan fingerprint density at radius 2 is 2.08 bits per heavy atom. The van der Waals surface area contributed by atoms with Crippen molar-refractivity contribution in [3.8, 4) is 5.75 Å². The molecular weight excluding hydrogens is 330 g/mol. The predicted molar refractivity (Wildman–Crippen MR) is 88.2 cm³/mol. The Labute approximate surface area is 141 Å². The maximum atomic E-state index is 11.9. The molecule has 0 radical (unpaired) electrons. The molecule has 2 heterocycles. The van der Waals surface area contributed by atoms with Gasteiger partial charge < -0.3 is 9.47 Å². The molecule has 0 bridgehead atoms. The van der Waals surface area contributed by atoms with E-state index in [1.165, 1.54) is 0 Å². The van der Waals surface area contributed by atoms with E-state index >= 15 is 0 Å². The normalized spacial score (nSPS) is 18.5. The first-order valence-corrected chi connectivity index (χ1v) is 9.37. The van der Waals surface area contributed by atoms with Crippen molar-refractivity contribution in [2.45, 2.75) is 36.9 Å². The highest BCUT2D eigenvalue weighted by Crippen LogP contribution is 2.25. The number of sulfonamides is 1. The van der Waals surface area contributed by atoms with E-state index in [-0.39, 0.29) is 11.3 Å². The van der Waals surface area contributed by atoms with Crippen LogP contribution in [0.5, 0.6) is 5.75 Å². The standard InChI is InChI=1S/C16H21N3O4S/c1-22-14-7-5-12(6-8-14)10-13-11-19(15-4-2-3-9-23-15)18-16(13)24(17,20)21/h5-8,11,15H,2-4,9-10H2,1H3,(H2,17,20,21). The number of hydrogen-bond acceptors (Lipinski definition) is 5. The minimum Gasteiger partial charge on any atom is -0.497 e. The second kappa shape index (κ2) is 6.92. The van der Waals surface area contributed by atoms with Crippen LogP contribution in [0.25, 0.3) is 0 Å². The number of nitrogens with two attached hydrogens (primary N) is 1. The average Bonchev–Trinajstić information content (AvgIpc) is 3.00. The molecule has 7 nitrogen and oxygen atoms in total. The van der Waals surface area contributed by atoms with Crippen molar-refractivity contribution in [1.29, 1.82) is 0 Å². The Kier molecular flexibility index (Phi) is 4.88. The minimum absolute atomic E-state index is 0.0903. The second-order valence-electron chi connectivity index (χ2n) is 5.83. The summed E-state index contributed by atoms with van der Waals surface area (Å²) < 4.78 is 36.2. The van der Waals surface area contributed by atoms with Crippen molar-refractivity contribution in [2.75, 3.05) is 13.7 Å². The molecule has 1 fully saturated rings. The van der Waals surface area contributed by atoms with E-state index in [2.05, 4.69) is 5.10 Å². The Balaban J connectivity index is 1.90. The maximum absolute atomic E-state index is 11.9. The Bertz CT molecular complexity index is 793. The van der Waals surface area contributed by atoms with Gasteiger partial charge in [0.15, 0.2) is 5.03 Å². The summed E-state index contributed by atoms with van der Waals surface area (Å²) in [5.74, 6) is 0.747. The molecule has 0 aliphatic carbocycles. The van der Waals surface area contributed by atoms with Gasteiger partial charge in [-0.1, -0.05) is 12.1 Å². The van der Waals surface area contributed by atoms with Gasteiger partial charge in [-0.25, -0.2) is 18.2 Å². The van der Waals surface area contributed by atoms with E-state index in [1.54, 1.807) is 18.0 Å². The molecule has 1 unspecified atom stereocenters. The van der Waals surface area contributed by atoms with E-state index in [0.717, 1.165) is 30.6 Å². The van der Waals surface area contributed by atoms with Crippen molar-refractivity contribution in [1.82, 2.24) is 9.78 Å². The summed E-state index contributed by atoms with van der Waals surface area (Å²) in [5.41, 5.74) is 1.52. The summed E-state index contributed by atoms with van der Waals surface area (Å²) in [5, 5.41) is 9.43. The Hall–Kier alpha value is -1.90. The maximum Gasteiger partial charge on any atom is 0.257 e. The van der Waals surface area contributed by atoms with Crippen molar-refractivity contribution in [3.63, 3.8) is 0 Å². The van der Waals surface area contributed by atoms with Crippen LogP contribution in [0.15, 0.2) is 35.5 Å². The second-order valence-corrected chi connectivity index (χ2v) is 7.31. The molecule has 2 N–H and O–H groups in total. The van der Waals surface area contributed by atoms with Crippen LogP contribution >= 0.6 is 0 Å². The van der Waals surface area contributed by atoms with Gasteiger partial charge in [-0.05, 0) is 37.0 Å². The number of nitrogens with zero attached hydrogens (tertiary/aromatic N) is 2. The van der Waals surface area contributed by atoms with E-state index in [9.17, 15) is 8.42 Å². The molecule has 1 atom stereocenters. The third-order valence-electron chi connectivity index (χ3n) is 4.04. The molecule has 0 saturated carbocycles. The average molecular weight is 351 g/mol. The van der Waals surface area contributed by atoms with Gasteiger partial charge in [0.25, 0.3) is 10.0 Å². The predicted octanol–water partition coefficient (Wildman–Crippen LogP) is 1.83. The number of benzene rings is 1. The summed E-state index contributed by atoms with van der Waals surface area (Å²) in [7, 11) is -2.30. The van der Waals surface area contributed by atoms with Gasteiger partial charge in [0.1, 0.15) is 12.0 Å². The number of ether oxygens (including phenoxy) is 2. The van der Waals surface area contributed by atoms with E-state index in [4.69, 9.17) is 14.6 Å². The molecule has 1 aromatic heterocycles. The zero-order valence-electron chi connectivity index (χ0n) is 13.5. The summed E-state index contributed by atoms with van der Waals surface area (Å²) in [6, 6.07) is 7.45. The fourth-order valence-electron chi connectivity index (χ4n) is 2.82. The van der Waals surface area contributed by atoms with Crippen LogP contribution in [-0.4, -0.2) is 31.9 Å². The smallest absolute Gasteiger partial charge is 0.257 e. The molecule has 1 aliphatic rings. The first-order valence-electron chi connectivity index (χ1n) is 7.83. The Morgan fingerprint density at radius 1 is 1.33 bits per heavy atom. The summed E-state index contributed by atoms with van der Waals surface area (Å²) >= 11 is 0. The number of hydrogen-bond donors (Lipinski definition) is 1. The molecular formula is C16H21N3O4S. The first kappa shape index (κ1) is 16.9. The molecule has 24 heavy (non-hydrogen) atoms. The van der Waals surface area contributed by atoms with Gasteiger partial charge in [-0.2, -0.15) is 5.10 Å². The van der Waals surface area contributed by atoms with E-state index < -0.39 is 10.0 Å². The molecule has 1 aliphatic heterocycles. The lowest BCUT2D eigenvalue weighted by Crippen LogP contribution is -2.20.